The largest absolute Gasteiger partial charge is 0.390 e. The predicted molar refractivity (Wildman–Crippen MR) is 145 cm³/mol. The average Bonchev–Trinajstić information content (AvgIpc) is 3.53. The van der Waals surface area contributed by atoms with Gasteiger partial charge in [-0.15, -0.1) is 11.3 Å². The van der Waals surface area contributed by atoms with Gasteiger partial charge in [0.1, 0.15) is 11.4 Å². The summed E-state index contributed by atoms with van der Waals surface area (Å²) in [4.78, 5) is 11.9. The molecule has 1 unspecified atom stereocenters. The van der Waals surface area contributed by atoms with Crippen molar-refractivity contribution < 1.29 is 5.11 Å². The summed E-state index contributed by atoms with van der Waals surface area (Å²) in [7, 11) is 2.16. The number of fused-ring (bicyclic) bond motifs is 2. The zero-order valence-corrected chi connectivity index (χ0v) is 22.7. The first-order valence-corrected chi connectivity index (χ1v) is 13.0. The van der Waals surface area contributed by atoms with E-state index in [0.29, 0.717) is 18.3 Å². The zero-order valence-electron chi connectivity index (χ0n) is 21.9. The van der Waals surface area contributed by atoms with Crippen LogP contribution in [0.3, 0.4) is 0 Å². The molecule has 1 atom stereocenters. The molecule has 0 radical (unpaired) electrons. The molecule has 0 amide bonds. The molecule has 4 heterocycles. The van der Waals surface area contributed by atoms with Crippen LogP contribution in [-0.4, -0.2) is 64.3 Å². The molecule has 5 aromatic rings. The summed E-state index contributed by atoms with van der Waals surface area (Å²) >= 11 is 1.60. The van der Waals surface area contributed by atoms with Gasteiger partial charge in [-0.05, 0) is 56.5 Å². The maximum absolute atomic E-state index is 10.6. The van der Waals surface area contributed by atoms with Crippen LogP contribution in [-0.2, 0) is 13.0 Å². The number of aliphatic hydroxyl groups is 1. The first-order chi connectivity index (χ1) is 16.9. The minimum atomic E-state index is -0.852. The fraction of sp³-hybridized carbons (Fsp3) is 0.462. The minimum Gasteiger partial charge on any atom is -0.390 e. The summed E-state index contributed by atoms with van der Waals surface area (Å²) in [6, 6.07) is 6.79. The van der Waals surface area contributed by atoms with Gasteiger partial charge in [0.2, 0.25) is 0 Å². The summed E-state index contributed by atoms with van der Waals surface area (Å²) in [6.45, 7) is 13.5. The maximum atomic E-state index is 10.6. The Kier molecular flexibility index (Phi) is 6.01. The molecule has 0 aliphatic rings. The molecule has 4 N–H and O–H groups in total. The van der Waals surface area contributed by atoms with Crippen LogP contribution in [0, 0.1) is 5.41 Å². The second-order valence-electron chi connectivity index (χ2n) is 11.5. The molecule has 10 heteroatoms. The molecule has 5 rings (SSSR count). The van der Waals surface area contributed by atoms with E-state index in [1.807, 2.05) is 19.9 Å². The van der Waals surface area contributed by atoms with E-state index in [4.69, 9.17) is 4.98 Å². The number of hydrogen-bond acceptors (Lipinski definition) is 7. The van der Waals surface area contributed by atoms with Crippen LogP contribution < -0.4 is 0 Å². The Bertz CT molecular complexity index is 1500. The molecule has 0 spiro atoms. The average molecular weight is 507 g/mol. The molecular weight excluding hydrogens is 472 g/mol. The molecule has 190 valence electrons. The van der Waals surface area contributed by atoms with Crippen molar-refractivity contribution >= 4 is 32.6 Å². The number of nitrogens with one attached hydrogen (secondary N) is 3. The number of nitrogens with zero attached hydrogens (tertiary/aromatic N) is 5. The molecule has 0 bridgehead atoms. The monoisotopic (exact) mass is 506 g/mol. The van der Waals surface area contributed by atoms with Gasteiger partial charge in [0, 0.05) is 19.0 Å². The van der Waals surface area contributed by atoms with Gasteiger partial charge in [0.25, 0.3) is 0 Å². The van der Waals surface area contributed by atoms with E-state index < -0.39 is 5.60 Å². The van der Waals surface area contributed by atoms with Crippen LogP contribution in [0.1, 0.15) is 52.7 Å². The third kappa shape index (κ3) is 4.80. The van der Waals surface area contributed by atoms with Gasteiger partial charge < -0.3 is 10.1 Å². The number of aromatic amines is 3. The number of benzene rings is 1. The highest BCUT2D eigenvalue weighted by Crippen LogP contribution is 2.37. The predicted octanol–water partition coefficient (Wildman–Crippen LogP) is 5.13. The standard InChI is InChI=1S/C26H34N8OS/c1-14(25(2,3)4)34(7)13-15-8-16(11-26(5,6)35)21-17(9-15)28-24(29-21)22-23-18(30-32-22)10-20(36-23)19-12-27-33-31-19/h8-10,12,14,35H,11,13H2,1-7H3,(H,28,29)(H,30,32)(H,27,31,33). The van der Waals surface area contributed by atoms with Crippen molar-refractivity contribution in [1.82, 2.24) is 40.5 Å². The third-order valence-corrected chi connectivity index (χ3v) is 7.99. The van der Waals surface area contributed by atoms with Crippen molar-refractivity contribution in [3.05, 3.63) is 35.5 Å². The summed E-state index contributed by atoms with van der Waals surface area (Å²) in [5.41, 5.74) is 5.85. The highest BCUT2D eigenvalue weighted by Gasteiger charge is 2.25. The van der Waals surface area contributed by atoms with Gasteiger partial charge in [0.15, 0.2) is 5.82 Å². The van der Waals surface area contributed by atoms with Crippen LogP contribution in [0.5, 0.6) is 0 Å². The molecule has 4 aromatic heterocycles. The first kappa shape index (κ1) is 24.6. The number of rotatable bonds is 7. The molecule has 0 saturated carbocycles. The van der Waals surface area contributed by atoms with Crippen LogP contribution in [0.25, 0.3) is 43.3 Å². The minimum absolute atomic E-state index is 0.173. The lowest BCUT2D eigenvalue weighted by Crippen LogP contribution is -2.38. The van der Waals surface area contributed by atoms with Gasteiger partial charge in [-0.25, -0.2) is 4.98 Å². The van der Waals surface area contributed by atoms with Crippen molar-refractivity contribution in [2.24, 2.45) is 5.41 Å². The van der Waals surface area contributed by atoms with E-state index in [-0.39, 0.29) is 5.41 Å². The first-order valence-electron chi connectivity index (χ1n) is 12.2. The summed E-state index contributed by atoms with van der Waals surface area (Å²) < 4.78 is 1.01. The highest BCUT2D eigenvalue weighted by atomic mass is 32.1. The molecule has 1 aromatic carbocycles. The van der Waals surface area contributed by atoms with Crippen molar-refractivity contribution in [3.8, 4) is 22.1 Å². The molecule has 0 fully saturated rings. The van der Waals surface area contributed by atoms with Gasteiger partial charge in [0.05, 0.1) is 37.9 Å². The van der Waals surface area contributed by atoms with E-state index in [1.165, 1.54) is 5.56 Å². The van der Waals surface area contributed by atoms with E-state index in [0.717, 1.165) is 49.6 Å². The van der Waals surface area contributed by atoms with Crippen LogP contribution in [0.2, 0.25) is 0 Å². The number of hydrogen-bond donors (Lipinski definition) is 4. The SMILES string of the molecule is CC(N(C)Cc1cc(CC(C)(C)O)c2nc(-c3n[nH]c4cc(-c5cn[nH]n5)sc34)[nH]c2c1)C(C)(C)C. The van der Waals surface area contributed by atoms with Crippen molar-refractivity contribution in [2.75, 3.05) is 7.05 Å². The quantitative estimate of drug-likeness (QED) is 0.243. The molecule has 0 aliphatic heterocycles. The normalized spacial score (nSPS) is 13.9. The zero-order chi connectivity index (χ0) is 25.8. The molecule has 0 saturated heterocycles. The summed E-state index contributed by atoms with van der Waals surface area (Å²) in [6.07, 6.45) is 2.21. The van der Waals surface area contributed by atoms with Crippen molar-refractivity contribution in [3.63, 3.8) is 0 Å². The lowest BCUT2D eigenvalue weighted by Gasteiger charge is -2.35. The fourth-order valence-corrected chi connectivity index (χ4v) is 5.62. The molecule has 36 heavy (non-hydrogen) atoms. The Labute approximate surface area is 214 Å². The Morgan fingerprint density at radius 2 is 1.86 bits per heavy atom. The highest BCUT2D eigenvalue weighted by molar-refractivity contribution is 7.22. The van der Waals surface area contributed by atoms with Gasteiger partial charge in [-0.1, -0.05) is 26.8 Å². The van der Waals surface area contributed by atoms with E-state index in [9.17, 15) is 5.11 Å². The van der Waals surface area contributed by atoms with Crippen LogP contribution in [0.15, 0.2) is 24.4 Å². The number of H-pyrrole nitrogens is 3. The number of imidazole rings is 1. The van der Waals surface area contributed by atoms with Gasteiger partial charge in [-0.2, -0.15) is 20.5 Å². The smallest absolute Gasteiger partial charge is 0.160 e. The molecular formula is C26H34N8OS. The Morgan fingerprint density at radius 1 is 1.08 bits per heavy atom. The third-order valence-electron chi connectivity index (χ3n) is 6.82. The molecule has 0 aliphatic carbocycles. The summed E-state index contributed by atoms with van der Waals surface area (Å²) in [5.74, 6) is 0.704. The second kappa shape index (κ2) is 8.79. The van der Waals surface area contributed by atoms with Gasteiger partial charge in [-0.3, -0.25) is 10.00 Å². The maximum Gasteiger partial charge on any atom is 0.160 e. The lowest BCUT2D eigenvalue weighted by molar-refractivity contribution is 0.0812. The van der Waals surface area contributed by atoms with Crippen LogP contribution in [0.4, 0.5) is 0 Å². The van der Waals surface area contributed by atoms with Gasteiger partial charge >= 0.3 is 0 Å². The van der Waals surface area contributed by atoms with E-state index in [1.54, 1.807) is 17.5 Å². The lowest BCUT2D eigenvalue weighted by atomic mass is 9.87. The topological polar surface area (TPSA) is 122 Å². The second-order valence-corrected chi connectivity index (χ2v) is 12.5. The number of thiophene rings is 1. The van der Waals surface area contributed by atoms with E-state index >= 15 is 0 Å². The van der Waals surface area contributed by atoms with Crippen molar-refractivity contribution in [2.45, 2.75) is 66.2 Å². The Morgan fingerprint density at radius 3 is 2.53 bits per heavy atom. The van der Waals surface area contributed by atoms with Crippen molar-refractivity contribution in [1.29, 1.82) is 0 Å². The Hall–Kier alpha value is -3.08. The molecule has 9 nitrogen and oxygen atoms in total. The fourth-order valence-electron chi connectivity index (χ4n) is 4.57. The Balaban J connectivity index is 1.56. The van der Waals surface area contributed by atoms with Crippen LogP contribution >= 0.6 is 11.3 Å². The summed E-state index contributed by atoms with van der Waals surface area (Å²) in [5, 5.41) is 29.1. The number of aromatic nitrogens is 7. The van der Waals surface area contributed by atoms with E-state index in [2.05, 4.69) is 82.4 Å².